The van der Waals surface area contributed by atoms with Gasteiger partial charge in [-0.1, -0.05) is 18.2 Å². The third-order valence-corrected chi connectivity index (χ3v) is 6.53. The van der Waals surface area contributed by atoms with Crippen LogP contribution in [0.3, 0.4) is 0 Å². The molecule has 0 atom stereocenters. The van der Waals surface area contributed by atoms with Crippen molar-refractivity contribution in [3.05, 3.63) is 78.5 Å². The van der Waals surface area contributed by atoms with Crippen molar-refractivity contribution in [2.45, 2.75) is 11.4 Å². The first-order chi connectivity index (χ1) is 14.5. The normalized spacial score (nSPS) is 13.0. The molecule has 3 heterocycles. The summed E-state index contributed by atoms with van der Waals surface area (Å²) in [5.41, 5.74) is 1.08. The van der Waals surface area contributed by atoms with E-state index in [0.29, 0.717) is 22.8 Å². The fourth-order valence-electron chi connectivity index (χ4n) is 3.22. The minimum atomic E-state index is -4.06. The van der Waals surface area contributed by atoms with E-state index in [1.807, 2.05) is 0 Å². The molecule has 1 aliphatic heterocycles. The molecule has 0 aliphatic carbocycles. The number of benzene rings is 2. The molecule has 0 saturated heterocycles. The predicted molar refractivity (Wildman–Crippen MR) is 105 cm³/mol. The van der Waals surface area contributed by atoms with E-state index in [-0.39, 0.29) is 23.8 Å². The smallest absolute Gasteiger partial charge is 0.266 e. The zero-order valence-corrected chi connectivity index (χ0v) is 16.3. The van der Waals surface area contributed by atoms with Gasteiger partial charge in [0.2, 0.25) is 6.79 Å². The number of hydrogen-bond acceptors (Lipinski definition) is 6. The molecule has 2 aromatic carbocycles. The summed E-state index contributed by atoms with van der Waals surface area (Å²) >= 11 is 0. The lowest BCUT2D eigenvalue weighted by atomic mass is 10.2. The van der Waals surface area contributed by atoms with Crippen LogP contribution in [0, 0.1) is 5.82 Å². The molecule has 152 valence electrons. The van der Waals surface area contributed by atoms with E-state index in [9.17, 15) is 12.8 Å². The lowest BCUT2D eigenvalue weighted by molar-refractivity contribution is 0.174. The van der Waals surface area contributed by atoms with Gasteiger partial charge in [-0.25, -0.2) is 12.8 Å². The predicted octanol–water partition coefficient (Wildman–Crippen LogP) is 2.99. The summed E-state index contributed by atoms with van der Waals surface area (Å²) in [6, 6.07) is 13.9. The molecule has 0 unspecified atom stereocenters. The molecular formula is C20H15FN4O4S. The van der Waals surface area contributed by atoms with Crippen LogP contribution in [0.15, 0.2) is 72.0 Å². The van der Waals surface area contributed by atoms with Gasteiger partial charge in [-0.05, 0) is 30.3 Å². The third-order valence-electron chi connectivity index (χ3n) is 4.77. The number of pyridine rings is 1. The molecule has 0 fully saturated rings. The highest BCUT2D eigenvalue weighted by Crippen LogP contribution is 2.37. The maximum absolute atomic E-state index is 14.4. The van der Waals surface area contributed by atoms with E-state index in [2.05, 4.69) is 10.2 Å². The van der Waals surface area contributed by atoms with E-state index in [4.69, 9.17) is 9.47 Å². The molecular weight excluding hydrogens is 411 g/mol. The average molecular weight is 426 g/mol. The van der Waals surface area contributed by atoms with Gasteiger partial charge in [-0.3, -0.25) is 8.71 Å². The van der Waals surface area contributed by atoms with Crippen molar-refractivity contribution in [1.82, 2.24) is 14.6 Å². The van der Waals surface area contributed by atoms with Crippen molar-refractivity contribution in [3.63, 3.8) is 0 Å². The van der Waals surface area contributed by atoms with E-state index in [1.165, 1.54) is 29.1 Å². The molecule has 30 heavy (non-hydrogen) atoms. The Balaban J connectivity index is 1.63. The highest BCUT2D eigenvalue weighted by Gasteiger charge is 2.28. The van der Waals surface area contributed by atoms with E-state index >= 15 is 0 Å². The molecule has 0 N–H and O–H groups in total. The number of fused-ring (bicyclic) bond motifs is 2. The lowest BCUT2D eigenvalue weighted by Crippen LogP contribution is -2.31. The minimum Gasteiger partial charge on any atom is -0.454 e. The van der Waals surface area contributed by atoms with E-state index in [1.54, 1.807) is 42.5 Å². The second-order valence-electron chi connectivity index (χ2n) is 6.60. The molecule has 0 saturated carbocycles. The van der Waals surface area contributed by atoms with Gasteiger partial charge in [0.1, 0.15) is 17.0 Å². The first-order valence-electron chi connectivity index (χ1n) is 8.97. The highest BCUT2D eigenvalue weighted by atomic mass is 32.2. The van der Waals surface area contributed by atoms with E-state index in [0.717, 1.165) is 4.31 Å². The number of ether oxygens (including phenoxy) is 2. The summed E-state index contributed by atoms with van der Waals surface area (Å²) < 4.78 is 54.9. The second-order valence-corrected chi connectivity index (χ2v) is 8.46. The minimum absolute atomic E-state index is 0.0174. The van der Waals surface area contributed by atoms with Gasteiger partial charge < -0.3 is 9.47 Å². The Bertz CT molecular complexity index is 1360. The zero-order valence-electron chi connectivity index (χ0n) is 15.5. The van der Waals surface area contributed by atoms with Crippen molar-refractivity contribution in [3.8, 4) is 11.5 Å². The average Bonchev–Trinajstić information content (AvgIpc) is 3.41. The summed E-state index contributed by atoms with van der Waals surface area (Å²) in [7, 11) is -4.06. The van der Waals surface area contributed by atoms with Crippen LogP contribution in [0.1, 0.15) is 5.56 Å². The Morgan fingerprint density at radius 1 is 1.07 bits per heavy atom. The quantitative estimate of drug-likeness (QED) is 0.488. The number of halogens is 1. The number of rotatable bonds is 5. The fourth-order valence-corrected chi connectivity index (χ4v) is 4.67. The van der Waals surface area contributed by atoms with Gasteiger partial charge >= 0.3 is 0 Å². The summed E-state index contributed by atoms with van der Waals surface area (Å²) in [6.45, 7) is -0.141. The molecule has 0 bridgehead atoms. The van der Waals surface area contributed by atoms with Crippen LogP contribution in [0.2, 0.25) is 0 Å². The summed E-state index contributed by atoms with van der Waals surface area (Å²) in [6.07, 6.45) is 2.84. The fraction of sp³-hybridized carbons (Fsp3) is 0.100. The molecule has 10 heteroatoms. The largest absolute Gasteiger partial charge is 0.454 e. The van der Waals surface area contributed by atoms with Crippen molar-refractivity contribution in [1.29, 1.82) is 0 Å². The van der Waals surface area contributed by atoms with Gasteiger partial charge in [0.05, 0.1) is 12.2 Å². The van der Waals surface area contributed by atoms with Crippen molar-refractivity contribution in [2.24, 2.45) is 0 Å². The molecule has 0 spiro atoms. The Morgan fingerprint density at radius 2 is 1.90 bits per heavy atom. The van der Waals surface area contributed by atoms with Gasteiger partial charge in [0.25, 0.3) is 10.0 Å². The molecule has 5 rings (SSSR count). The number of nitrogens with zero attached hydrogens (tertiary/aromatic N) is 4. The van der Waals surface area contributed by atoms with Crippen LogP contribution in [0.5, 0.6) is 11.5 Å². The topological polar surface area (TPSA) is 86.0 Å². The summed E-state index contributed by atoms with van der Waals surface area (Å²) in [5.74, 6) is 0.455. The van der Waals surface area contributed by atoms with Crippen molar-refractivity contribution in [2.75, 3.05) is 11.1 Å². The molecule has 8 nitrogen and oxygen atoms in total. The second kappa shape index (κ2) is 6.99. The first-order valence-corrected chi connectivity index (χ1v) is 10.4. The monoisotopic (exact) mass is 426 g/mol. The van der Waals surface area contributed by atoms with Crippen molar-refractivity contribution < 1.29 is 22.3 Å². The van der Waals surface area contributed by atoms with Crippen molar-refractivity contribution >= 4 is 21.4 Å². The number of hydrogen-bond donors (Lipinski definition) is 0. The Labute approximate surface area is 171 Å². The number of sulfonamides is 1. The lowest BCUT2D eigenvalue weighted by Gasteiger charge is -2.25. The van der Waals surface area contributed by atoms with Gasteiger partial charge in [0, 0.05) is 17.8 Å². The molecule has 4 aromatic rings. The van der Waals surface area contributed by atoms with Crippen LogP contribution in [-0.4, -0.2) is 29.8 Å². The molecule has 0 radical (unpaired) electrons. The van der Waals surface area contributed by atoms with Crippen LogP contribution in [-0.2, 0) is 16.6 Å². The maximum atomic E-state index is 14.4. The SMILES string of the molecule is O=S(=O)(c1ccc2nncn2c1)N(Cc1ccccc1F)c1ccc2c(c1)OCO2. The van der Waals surface area contributed by atoms with Gasteiger partial charge in [0.15, 0.2) is 17.1 Å². The number of anilines is 1. The molecule has 1 aliphatic rings. The third kappa shape index (κ3) is 3.11. The Kier molecular flexibility index (Phi) is 4.28. The highest BCUT2D eigenvalue weighted by molar-refractivity contribution is 7.92. The van der Waals surface area contributed by atoms with E-state index < -0.39 is 15.8 Å². The molecule has 2 aromatic heterocycles. The van der Waals surface area contributed by atoms with Crippen LogP contribution >= 0.6 is 0 Å². The summed E-state index contributed by atoms with van der Waals surface area (Å²) in [4.78, 5) is 0.0174. The van der Waals surface area contributed by atoms with Gasteiger partial charge in [-0.15, -0.1) is 10.2 Å². The Hall–Kier alpha value is -3.66. The van der Waals surface area contributed by atoms with Crippen LogP contribution in [0.4, 0.5) is 10.1 Å². The zero-order chi connectivity index (χ0) is 20.7. The standard InChI is InChI=1S/C20H15FN4O4S/c21-17-4-2-1-3-14(17)10-25(15-5-7-18-19(9-15)29-13-28-18)30(26,27)16-6-8-20-23-22-12-24(20)11-16/h1-9,11-12H,10,13H2. The van der Waals surface area contributed by atoms with Gasteiger partial charge in [-0.2, -0.15) is 0 Å². The number of aromatic nitrogens is 3. The Morgan fingerprint density at radius 3 is 2.77 bits per heavy atom. The first kappa shape index (κ1) is 18.4. The van der Waals surface area contributed by atoms with Crippen LogP contribution < -0.4 is 13.8 Å². The maximum Gasteiger partial charge on any atom is 0.266 e. The molecule has 0 amide bonds. The van der Waals surface area contributed by atoms with Crippen LogP contribution in [0.25, 0.3) is 5.65 Å². The summed E-state index contributed by atoms with van der Waals surface area (Å²) in [5, 5.41) is 7.66.